The normalized spacial score (nSPS) is 20.1. The number of hydrogen-bond acceptors (Lipinski definition) is 3. The van der Waals surface area contributed by atoms with Crippen LogP contribution in [0, 0.1) is 0 Å². The van der Waals surface area contributed by atoms with Gasteiger partial charge in [0, 0.05) is 25.0 Å². The fourth-order valence-electron chi connectivity index (χ4n) is 4.70. The zero-order valence-electron chi connectivity index (χ0n) is 16.6. The molecule has 0 aliphatic heterocycles. The van der Waals surface area contributed by atoms with Crippen molar-refractivity contribution in [1.29, 1.82) is 0 Å². The summed E-state index contributed by atoms with van der Waals surface area (Å²) >= 11 is 0. The Morgan fingerprint density at radius 2 is 1.40 bits per heavy atom. The molecule has 0 aromatic heterocycles. The summed E-state index contributed by atoms with van der Waals surface area (Å²) < 4.78 is 5.58. The van der Waals surface area contributed by atoms with E-state index in [4.69, 9.17) is 4.74 Å². The Bertz CT molecular complexity index is 328. The highest BCUT2D eigenvalue weighted by molar-refractivity contribution is 5.69. The molecule has 0 amide bonds. The van der Waals surface area contributed by atoms with Gasteiger partial charge in [-0.05, 0) is 32.1 Å². The minimum atomic E-state index is 0.0173. The van der Waals surface area contributed by atoms with E-state index in [0.29, 0.717) is 13.0 Å². The molecule has 0 N–H and O–H groups in total. The van der Waals surface area contributed by atoms with E-state index in [1.165, 1.54) is 89.9 Å². The van der Waals surface area contributed by atoms with Gasteiger partial charge in [0.05, 0.1) is 0 Å². The van der Waals surface area contributed by atoms with Crippen LogP contribution in [0.5, 0.6) is 0 Å². The summed E-state index contributed by atoms with van der Waals surface area (Å²) in [6, 6.07) is 1.48. The largest absolute Gasteiger partial charge is 0.464 e. The maximum atomic E-state index is 12.0. The molecule has 25 heavy (non-hydrogen) atoms. The first kappa shape index (κ1) is 20.7. The van der Waals surface area contributed by atoms with E-state index < -0.39 is 0 Å². The molecule has 0 radical (unpaired) electrons. The van der Waals surface area contributed by atoms with Crippen LogP contribution < -0.4 is 0 Å². The molecular formula is C22H41NO2. The third kappa shape index (κ3) is 8.11. The number of carbonyl (C=O) groups excluding carboxylic acids is 1. The first-order chi connectivity index (χ1) is 12.3. The van der Waals surface area contributed by atoms with E-state index in [9.17, 15) is 4.79 Å². The van der Waals surface area contributed by atoms with Crippen LogP contribution in [-0.4, -0.2) is 36.1 Å². The molecule has 2 fully saturated rings. The molecule has 0 heterocycles. The minimum absolute atomic E-state index is 0.0173. The summed E-state index contributed by atoms with van der Waals surface area (Å²) in [4.78, 5) is 14.7. The van der Waals surface area contributed by atoms with Crippen molar-refractivity contribution in [2.24, 2.45) is 0 Å². The van der Waals surface area contributed by atoms with Crippen molar-refractivity contribution >= 4 is 5.97 Å². The van der Waals surface area contributed by atoms with Crippen molar-refractivity contribution in [1.82, 2.24) is 4.90 Å². The molecule has 2 aliphatic carbocycles. The highest BCUT2D eigenvalue weighted by Crippen LogP contribution is 2.29. The number of esters is 1. The first-order valence-corrected chi connectivity index (χ1v) is 11.2. The Morgan fingerprint density at radius 3 is 1.96 bits per heavy atom. The molecule has 0 aromatic rings. The van der Waals surface area contributed by atoms with E-state index in [1.54, 1.807) is 0 Å². The van der Waals surface area contributed by atoms with Gasteiger partial charge in [-0.1, -0.05) is 71.1 Å². The molecule has 0 atom stereocenters. The summed E-state index contributed by atoms with van der Waals surface area (Å²) in [7, 11) is 0. The van der Waals surface area contributed by atoms with Gasteiger partial charge in [-0.25, -0.2) is 0 Å². The van der Waals surface area contributed by atoms with Crippen LogP contribution in [0.25, 0.3) is 0 Å². The van der Waals surface area contributed by atoms with Crippen LogP contribution in [0.15, 0.2) is 0 Å². The van der Waals surface area contributed by atoms with Gasteiger partial charge in [-0.3, -0.25) is 9.69 Å². The van der Waals surface area contributed by atoms with Gasteiger partial charge in [-0.2, -0.15) is 0 Å². The maximum Gasteiger partial charge on any atom is 0.305 e. The number of hydrogen-bond donors (Lipinski definition) is 0. The van der Waals surface area contributed by atoms with Crippen molar-refractivity contribution < 1.29 is 9.53 Å². The number of ether oxygens (including phenoxy) is 1. The summed E-state index contributed by atoms with van der Waals surface area (Å²) in [6.07, 6.45) is 20.3. The molecular weight excluding hydrogens is 310 g/mol. The fraction of sp³-hybridized carbons (Fsp3) is 0.955. The second kappa shape index (κ2) is 12.7. The number of rotatable bonds is 11. The Hall–Kier alpha value is -0.570. The first-order valence-electron chi connectivity index (χ1n) is 11.2. The van der Waals surface area contributed by atoms with Crippen molar-refractivity contribution in [3.8, 4) is 0 Å². The van der Waals surface area contributed by atoms with E-state index in [1.807, 2.05) is 0 Å². The lowest BCUT2D eigenvalue weighted by atomic mass is 9.88. The summed E-state index contributed by atoms with van der Waals surface area (Å²) in [5, 5.41) is 0. The molecule has 0 bridgehead atoms. The SMILES string of the molecule is CCCCCCCC(=O)OCCN(C1CCCCC1)C1CCCCC1. The quantitative estimate of drug-likeness (QED) is 0.345. The Morgan fingerprint density at radius 1 is 0.840 bits per heavy atom. The Labute approximate surface area is 155 Å². The van der Waals surface area contributed by atoms with Gasteiger partial charge in [0.15, 0.2) is 0 Å². The predicted molar refractivity (Wildman–Crippen MR) is 105 cm³/mol. The highest BCUT2D eigenvalue weighted by atomic mass is 16.5. The van der Waals surface area contributed by atoms with Gasteiger partial charge in [0.25, 0.3) is 0 Å². The van der Waals surface area contributed by atoms with E-state index in [0.717, 1.165) is 25.0 Å². The van der Waals surface area contributed by atoms with E-state index >= 15 is 0 Å². The van der Waals surface area contributed by atoms with Crippen LogP contribution in [0.3, 0.4) is 0 Å². The topological polar surface area (TPSA) is 29.5 Å². The van der Waals surface area contributed by atoms with E-state index in [-0.39, 0.29) is 5.97 Å². The lowest BCUT2D eigenvalue weighted by Gasteiger charge is -2.41. The number of unbranched alkanes of at least 4 members (excludes halogenated alkanes) is 4. The van der Waals surface area contributed by atoms with Crippen LogP contribution >= 0.6 is 0 Å². The van der Waals surface area contributed by atoms with Crippen molar-refractivity contribution in [3.63, 3.8) is 0 Å². The second-order valence-electron chi connectivity index (χ2n) is 8.21. The second-order valence-corrected chi connectivity index (χ2v) is 8.21. The molecule has 2 saturated carbocycles. The van der Waals surface area contributed by atoms with Gasteiger partial charge in [0.1, 0.15) is 6.61 Å². The van der Waals surface area contributed by atoms with Gasteiger partial charge < -0.3 is 4.74 Å². The number of nitrogens with zero attached hydrogens (tertiary/aromatic N) is 1. The zero-order chi connectivity index (χ0) is 17.7. The summed E-state index contributed by atoms with van der Waals surface area (Å²) in [6.45, 7) is 3.77. The van der Waals surface area contributed by atoms with Gasteiger partial charge in [-0.15, -0.1) is 0 Å². The van der Waals surface area contributed by atoms with Crippen LogP contribution in [0.1, 0.15) is 110 Å². The molecule has 0 unspecified atom stereocenters. The lowest BCUT2D eigenvalue weighted by molar-refractivity contribution is -0.144. The Kier molecular flexibility index (Phi) is 10.6. The van der Waals surface area contributed by atoms with Gasteiger partial charge >= 0.3 is 5.97 Å². The van der Waals surface area contributed by atoms with Crippen molar-refractivity contribution in [2.75, 3.05) is 13.2 Å². The molecule has 2 aliphatic rings. The van der Waals surface area contributed by atoms with E-state index in [2.05, 4.69) is 11.8 Å². The number of carbonyl (C=O) groups is 1. The average molecular weight is 352 g/mol. The van der Waals surface area contributed by atoms with Crippen LogP contribution in [0.4, 0.5) is 0 Å². The molecule has 0 aromatic carbocycles. The zero-order valence-corrected chi connectivity index (χ0v) is 16.6. The maximum absolute atomic E-state index is 12.0. The molecule has 3 nitrogen and oxygen atoms in total. The van der Waals surface area contributed by atoms with Gasteiger partial charge in [0.2, 0.25) is 0 Å². The summed E-state index contributed by atoms with van der Waals surface area (Å²) in [5.74, 6) is 0.0173. The Balaban J connectivity index is 1.68. The third-order valence-electron chi connectivity index (χ3n) is 6.18. The fourth-order valence-corrected chi connectivity index (χ4v) is 4.70. The highest BCUT2D eigenvalue weighted by Gasteiger charge is 2.28. The van der Waals surface area contributed by atoms with Crippen molar-refractivity contribution in [2.45, 2.75) is 122 Å². The molecule has 3 heteroatoms. The summed E-state index contributed by atoms with van der Waals surface area (Å²) in [5.41, 5.74) is 0. The smallest absolute Gasteiger partial charge is 0.305 e. The molecule has 0 saturated heterocycles. The third-order valence-corrected chi connectivity index (χ3v) is 6.18. The molecule has 146 valence electrons. The molecule has 0 spiro atoms. The average Bonchev–Trinajstić information content (AvgIpc) is 2.66. The van der Waals surface area contributed by atoms with Crippen molar-refractivity contribution in [3.05, 3.63) is 0 Å². The minimum Gasteiger partial charge on any atom is -0.464 e. The lowest BCUT2D eigenvalue weighted by Crippen LogP contribution is -2.46. The van der Waals surface area contributed by atoms with Crippen LogP contribution in [-0.2, 0) is 9.53 Å². The molecule has 2 rings (SSSR count). The monoisotopic (exact) mass is 351 g/mol. The standard InChI is InChI=1S/C22H41NO2/c1-2-3-4-5-12-17-22(24)25-19-18-23(20-13-8-6-9-14-20)21-15-10-7-11-16-21/h20-21H,2-19H2,1H3. The predicted octanol–water partition coefficient (Wildman–Crippen LogP) is 5.86. The van der Waals surface area contributed by atoms with Crippen LogP contribution in [0.2, 0.25) is 0 Å².